The molecule has 78 valence electrons. The summed E-state index contributed by atoms with van der Waals surface area (Å²) in [5.74, 6) is -0.385. The maximum Gasteiger partial charge on any atom is 0.338 e. The molecule has 1 aromatic carbocycles. The topological polar surface area (TPSA) is 50.1 Å². The van der Waals surface area contributed by atoms with Gasteiger partial charge in [-0.2, -0.15) is 5.26 Å². The number of benzene rings is 1. The van der Waals surface area contributed by atoms with Gasteiger partial charge in [0.2, 0.25) is 0 Å². The minimum Gasteiger partial charge on any atom is -0.462 e. The summed E-state index contributed by atoms with van der Waals surface area (Å²) in [6, 6.07) is 7.23. The highest BCUT2D eigenvalue weighted by atomic mass is 79.9. The molecule has 0 spiro atoms. The van der Waals surface area contributed by atoms with Crippen LogP contribution < -0.4 is 0 Å². The molecule has 3 nitrogen and oxygen atoms in total. The van der Waals surface area contributed by atoms with E-state index in [4.69, 9.17) is 10.00 Å². The highest BCUT2D eigenvalue weighted by molar-refractivity contribution is 9.10. The molecule has 1 aromatic rings. The van der Waals surface area contributed by atoms with E-state index in [1.54, 1.807) is 25.1 Å². The average molecular weight is 268 g/mol. The second kappa shape index (κ2) is 5.52. The first-order chi connectivity index (χ1) is 7.20. The van der Waals surface area contributed by atoms with Crippen LogP contribution in [0.15, 0.2) is 22.7 Å². The van der Waals surface area contributed by atoms with E-state index in [9.17, 15) is 4.79 Å². The molecule has 0 aromatic heterocycles. The Hall–Kier alpha value is -1.34. The molecule has 0 saturated carbocycles. The zero-order valence-corrected chi connectivity index (χ0v) is 9.87. The molecule has 0 saturated heterocycles. The molecule has 0 fully saturated rings. The van der Waals surface area contributed by atoms with Crippen molar-refractivity contribution in [2.45, 2.75) is 13.3 Å². The number of hydrogen-bond acceptors (Lipinski definition) is 3. The van der Waals surface area contributed by atoms with E-state index in [-0.39, 0.29) is 12.4 Å². The van der Waals surface area contributed by atoms with E-state index in [1.165, 1.54) is 0 Å². The first-order valence-electron chi connectivity index (χ1n) is 4.52. The Labute approximate surface area is 96.8 Å². The van der Waals surface area contributed by atoms with Gasteiger partial charge in [-0.1, -0.05) is 22.0 Å². The van der Waals surface area contributed by atoms with Crippen LogP contribution >= 0.6 is 15.9 Å². The van der Waals surface area contributed by atoms with E-state index >= 15 is 0 Å². The number of rotatable bonds is 3. The van der Waals surface area contributed by atoms with Crippen molar-refractivity contribution >= 4 is 21.9 Å². The van der Waals surface area contributed by atoms with E-state index in [0.717, 1.165) is 4.47 Å². The molecule has 0 heterocycles. The summed E-state index contributed by atoms with van der Waals surface area (Å²) in [7, 11) is 0. The first kappa shape index (κ1) is 11.7. The second-order valence-corrected chi connectivity index (χ2v) is 3.68. The van der Waals surface area contributed by atoms with Crippen LogP contribution in [0.1, 0.15) is 22.8 Å². The zero-order valence-electron chi connectivity index (χ0n) is 8.29. The van der Waals surface area contributed by atoms with Gasteiger partial charge in [-0.05, 0) is 24.6 Å². The molecule has 0 radical (unpaired) electrons. The third kappa shape index (κ3) is 2.80. The lowest BCUT2D eigenvalue weighted by Crippen LogP contribution is -2.08. The number of carbonyl (C=O) groups excluding carboxylic acids is 1. The number of ether oxygens (including phenoxy) is 1. The number of nitrogens with zero attached hydrogens (tertiary/aromatic N) is 1. The maximum absolute atomic E-state index is 11.5. The fourth-order valence-corrected chi connectivity index (χ4v) is 1.72. The Kier molecular flexibility index (Phi) is 4.32. The fourth-order valence-electron chi connectivity index (χ4n) is 1.22. The van der Waals surface area contributed by atoms with Crippen LogP contribution in [0.5, 0.6) is 0 Å². The highest BCUT2D eigenvalue weighted by Gasteiger charge is 2.14. The first-order valence-corrected chi connectivity index (χ1v) is 5.31. The molecule has 0 aliphatic carbocycles. The third-order valence-electron chi connectivity index (χ3n) is 1.87. The van der Waals surface area contributed by atoms with Gasteiger partial charge in [0.1, 0.15) is 0 Å². The zero-order chi connectivity index (χ0) is 11.3. The number of nitriles is 1. The number of esters is 1. The molecule has 15 heavy (non-hydrogen) atoms. The van der Waals surface area contributed by atoms with E-state index < -0.39 is 0 Å². The maximum atomic E-state index is 11.5. The van der Waals surface area contributed by atoms with Crippen LogP contribution in [0.25, 0.3) is 0 Å². The number of halogens is 1. The Morgan fingerprint density at radius 2 is 2.33 bits per heavy atom. The summed E-state index contributed by atoms with van der Waals surface area (Å²) < 4.78 is 5.66. The molecule has 0 aliphatic rings. The summed E-state index contributed by atoms with van der Waals surface area (Å²) >= 11 is 3.31. The normalized spacial score (nSPS) is 9.40. The predicted octanol–water partition coefficient (Wildman–Crippen LogP) is 2.69. The van der Waals surface area contributed by atoms with E-state index in [1.807, 2.05) is 6.07 Å². The van der Waals surface area contributed by atoms with Crippen molar-refractivity contribution < 1.29 is 9.53 Å². The molecule has 0 amide bonds. The molecule has 0 aliphatic heterocycles. The van der Waals surface area contributed by atoms with Gasteiger partial charge < -0.3 is 4.74 Å². The van der Waals surface area contributed by atoms with Gasteiger partial charge in [-0.25, -0.2) is 4.79 Å². The van der Waals surface area contributed by atoms with Gasteiger partial charge in [-0.3, -0.25) is 0 Å². The lowest BCUT2D eigenvalue weighted by Gasteiger charge is -2.07. The predicted molar refractivity (Wildman–Crippen MR) is 59.4 cm³/mol. The molecule has 0 N–H and O–H groups in total. The molecule has 1 rings (SSSR count). The van der Waals surface area contributed by atoms with E-state index in [0.29, 0.717) is 17.7 Å². The van der Waals surface area contributed by atoms with Crippen molar-refractivity contribution in [2.75, 3.05) is 6.61 Å². The smallest absolute Gasteiger partial charge is 0.338 e. The molecule has 0 atom stereocenters. The Morgan fingerprint density at radius 3 is 2.93 bits per heavy atom. The molecule has 0 unspecified atom stereocenters. The largest absolute Gasteiger partial charge is 0.462 e. The quantitative estimate of drug-likeness (QED) is 0.792. The van der Waals surface area contributed by atoms with Crippen molar-refractivity contribution in [1.29, 1.82) is 5.26 Å². The highest BCUT2D eigenvalue weighted by Crippen LogP contribution is 2.21. The van der Waals surface area contributed by atoms with Gasteiger partial charge in [-0.15, -0.1) is 0 Å². The van der Waals surface area contributed by atoms with E-state index in [2.05, 4.69) is 15.9 Å². The van der Waals surface area contributed by atoms with Gasteiger partial charge in [0.25, 0.3) is 0 Å². The monoisotopic (exact) mass is 267 g/mol. The summed E-state index contributed by atoms with van der Waals surface area (Å²) in [5, 5.41) is 8.66. The van der Waals surface area contributed by atoms with Crippen LogP contribution in [0.2, 0.25) is 0 Å². The van der Waals surface area contributed by atoms with Crippen LogP contribution in [0, 0.1) is 11.3 Å². The fraction of sp³-hybridized carbons (Fsp3) is 0.273. The van der Waals surface area contributed by atoms with Crippen LogP contribution in [-0.4, -0.2) is 12.6 Å². The summed E-state index contributed by atoms with van der Waals surface area (Å²) in [6.07, 6.45) is 0.190. The molecular weight excluding hydrogens is 258 g/mol. The van der Waals surface area contributed by atoms with Gasteiger partial charge >= 0.3 is 5.97 Å². The van der Waals surface area contributed by atoms with Crippen molar-refractivity contribution in [2.24, 2.45) is 0 Å². The molecule has 4 heteroatoms. The minimum absolute atomic E-state index is 0.190. The van der Waals surface area contributed by atoms with Crippen LogP contribution in [0.4, 0.5) is 0 Å². The summed E-state index contributed by atoms with van der Waals surface area (Å²) in [6.45, 7) is 2.08. The second-order valence-electron chi connectivity index (χ2n) is 2.82. The molecular formula is C11H10BrNO2. The van der Waals surface area contributed by atoms with Crippen LogP contribution in [-0.2, 0) is 11.2 Å². The van der Waals surface area contributed by atoms with Gasteiger partial charge in [0, 0.05) is 4.47 Å². The Morgan fingerprint density at radius 1 is 1.60 bits per heavy atom. The van der Waals surface area contributed by atoms with Crippen molar-refractivity contribution in [3.8, 4) is 6.07 Å². The Balaban J connectivity index is 3.11. The average Bonchev–Trinajstić information content (AvgIpc) is 2.21. The van der Waals surface area contributed by atoms with Crippen LogP contribution in [0.3, 0.4) is 0 Å². The lowest BCUT2D eigenvalue weighted by molar-refractivity contribution is 0.0525. The SMILES string of the molecule is CCOC(=O)c1cccc(Br)c1CC#N. The van der Waals surface area contributed by atoms with Crippen molar-refractivity contribution in [3.05, 3.63) is 33.8 Å². The number of carbonyl (C=O) groups is 1. The standard InChI is InChI=1S/C11H10BrNO2/c1-2-15-11(14)9-4-3-5-10(12)8(9)6-7-13/h3-5H,2,6H2,1H3. The van der Waals surface area contributed by atoms with Crippen molar-refractivity contribution in [3.63, 3.8) is 0 Å². The van der Waals surface area contributed by atoms with Gasteiger partial charge in [0.15, 0.2) is 0 Å². The molecule has 0 bridgehead atoms. The Bertz CT molecular complexity index is 410. The minimum atomic E-state index is -0.385. The summed E-state index contributed by atoms with van der Waals surface area (Å²) in [4.78, 5) is 11.5. The summed E-state index contributed by atoms with van der Waals surface area (Å²) in [5.41, 5.74) is 1.13. The third-order valence-corrected chi connectivity index (χ3v) is 2.61. The van der Waals surface area contributed by atoms with Gasteiger partial charge in [0.05, 0.1) is 24.7 Å². The number of hydrogen-bond donors (Lipinski definition) is 0. The lowest BCUT2D eigenvalue weighted by atomic mass is 10.1. The van der Waals surface area contributed by atoms with Crippen molar-refractivity contribution in [1.82, 2.24) is 0 Å².